The molecule has 0 atom stereocenters. The van der Waals surface area contributed by atoms with E-state index in [0.717, 1.165) is 22.6 Å². The Kier molecular flexibility index (Phi) is 4.67. The highest BCUT2D eigenvalue weighted by molar-refractivity contribution is 6.36. The zero-order valence-electron chi connectivity index (χ0n) is 17.6. The predicted molar refractivity (Wildman–Crippen MR) is 136 cm³/mol. The number of hydrogen-bond acceptors (Lipinski definition) is 0. The molecule has 0 radical (unpaired) electrons. The molecule has 5 aromatic carbocycles. The topological polar surface area (TPSA) is 0 Å². The summed E-state index contributed by atoms with van der Waals surface area (Å²) in [6.45, 7) is 0. The fourth-order valence-electron chi connectivity index (χ4n) is 5.01. The highest BCUT2D eigenvalue weighted by atomic mass is 35.5. The molecule has 0 amide bonds. The summed E-state index contributed by atoms with van der Waals surface area (Å²) in [5, 5.41) is 0.862. The van der Waals surface area contributed by atoms with Gasteiger partial charge in [-0.05, 0) is 50.1 Å². The lowest BCUT2D eigenvalue weighted by Gasteiger charge is -2.23. The molecule has 1 heteroatoms. The van der Waals surface area contributed by atoms with Crippen LogP contribution in [-0.4, -0.2) is 0 Å². The van der Waals surface area contributed by atoms with Crippen LogP contribution in [0.2, 0.25) is 5.02 Å². The Hall–Kier alpha value is -3.61. The molecule has 0 heterocycles. The van der Waals surface area contributed by atoms with E-state index in [1.54, 1.807) is 0 Å². The average molecular weight is 429 g/mol. The van der Waals surface area contributed by atoms with Crippen LogP contribution < -0.4 is 0 Å². The summed E-state index contributed by atoms with van der Waals surface area (Å²) in [5.74, 6) is 0. The number of fused-ring (bicyclic) bond motifs is 3. The summed E-state index contributed by atoms with van der Waals surface area (Å²) in [7, 11) is 0. The van der Waals surface area contributed by atoms with Crippen LogP contribution in [0.3, 0.4) is 0 Å². The maximum Gasteiger partial charge on any atom is 0.0532 e. The molecule has 32 heavy (non-hydrogen) atoms. The van der Waals surface area contributed by atoms with Crippen LogP contribution in [0.1, 0.15) is 11.1 Å². The molecule has 5 aromatic rings. The largest absolute Gasteiger partial charge is 0.0833 e. The summed E-state index contributed by atoms with van der Waals surface area (Å²) < 4.78 is 0. The van der Waals surface area contributed by atoms with Crippen LogP contribution in [0.5, 0.6) is 0 Å². The third kappa shape index (κ3) is 2.99. The monoisotopic (exact) mass is 428 g/mol. The summed E-state index contributed by atoms with van der Waals surface area (Å²) in [5.41, 5.74) is 12.2. The Morgan fingerprint density at radius 3 is 1.44 bits per heavy atom. The fraction of sp³-hybridized carbons (Fsp3) is 0.0323. The number of benzene rings is 5. The van der Waals surface area contributed by atoms with Crippen LogP contribution in [-0.2, 0) is 6.42 Å². The van der Waals surface area contributed by atoms with Gasteiger partial charge in [0.25, 0.3) is 0 Å². The van der Waals surface area contributed by atoms with E-state index in [-0.39, 0.29) is 0 Å². The molecule has 1 aliphatic carbocycles. The highest BCUT2D eigenvalue weighted by Crippen LogP contribution is 2.54. The summed E-state index contributed by atoms with van der Waals surface area (Å²) in [4.78, 5) is 0. The summed E-state index contributed by atoms with van der Waals surface area (Å²) >= 11 is 7.29. The highest BCUT2D eigenvalue weighted by Gasteiger charge is 2.30. The first-order valence-electron chi connectivity index (χ1n) is 11.0. The van der Waals surface area contributed by atoms with Crippen molar-refractivity contribution in [3.63, 3.8) is 0 Å². The molecule has 6 rings (SSSR count). The Morgan fingerprint density at radius 2 is 0.875 bits per heavy atom. The minimum Gasteiger partial charge on any atom is -0.0833 e. The van der Waals surface area contributed by atoms with Crippen LogP contribution in [0.15, 0.2) is 115 Å². The zero-order chi connectivity index (χ0) is 21.5. The zero-order valence-corrected chi connectivity index (χ0v) is 18.3. The van der Waals surface area contributed by atoms with Crippen molar-refractivity contribution < 1.29 is 0 Å². The van der Waals surface area contributed by atoms with Gasteiger partial charge in [-0.2, -0.15) is 0 Å². The lowest BCUT2D eigenvalue weighted by molar-refractivity contribution is 1.26. The van der Waals surface area contributed by atoms with Gasteiger partial charge in [0.05, 0.1) is 5.02 Å². The van der Waals surface area contributed by atoms with Gasteiger partial charge in [0.15, 0.2) is 0 Å². The average Bonchev–Trinajstić information content (AvgIpc) is 3.25. The van der Waals surface area contributed by atoms with E-state index in [2.05, 4.69) is 115 Å². The Labute approximate surface area is 193 Å². The molecule has 0 saturated carbocycles. The summed E-state index contributed by atoms with van der Waals surface area (Å²) in [6.07, 6.45) is 0.860. The first kappa shape index (κ1) is 19.1. The summed E-state index contributed by atoms with van der Waals surface area (Å²) in [6, 6.07) is 40.7. The molecule has 0 bridgehead atoms. The Morgan fingerprint density at radius 1 is 0.438 bits per heavy atom. The van der Waals surface area contributed by atoms with Gasteiger partial charge in [0, 0.05) is 12.0 Å². The van der Waals surface area contributed by atoms with E-state index in [0.29, 0.717) is 0 Å². The van der Waals surface area contributed by atoms with Crippen molar-refractivity contribution >= 4 is 11.6 Å². The molecule has 152 valence electrons. The Bertz CT molecular complexity index is 1380. The van der Waals surface area contributed by atoms with Crippen molar-refractivity contribution in [1.29, 1.82) is 0 Å². The van der Waals surface area contributed by atoms with Crippen LogP contribution in [0.4, 0.5) is 0 Å². The second kappa shape index (κ2) is 7.82. The quantitative estimate of drug-likeness (QED) is 0.264. The fourth-order valence-corrected chi connectivity index (χ4v) is 5.37. The van der Waals surface area contributed by atoms with Gasteiger partial charge in [-0.25, -0.2) is 0 Å². The minimum atomic E-state index is 0.860. The molecule has 0 N–H and O–H groups in total. The van der Waals surface area contributed by atoms with E-state index >= 15 is 0 Å². The maximum absolute atomic E-state index is 7.29. The smallest absolute Gasteiger partial charge is 0.0532 e. The van der Waals surface area contributed by atoms with E-state index in [1.807, 2.05) is 0 Å². The van der Waals surface area contributed by atoms with Crippen molar-refractivity contribution in [3.8, 4) is 44.5 Å². The van der Waals surface area contributed by atoms with Crippen molar-refractivity contribution in [2.75, 3.05) is 0 Å². The van der Waals surface area contributed by atoms with Gasteiger partial charge in [0.1, 0.15) is 0 Å². The normalized spacial score (nSPS) is 11.8. The first-order chi connectivity index (χ1) is 15.8. The molecular formula is C31H21Cl. The molecule has 0 nitrogen and oxygen atoms in total. The van der Waals surface area contributed by atoms with Gasteiger partial charge in [-0.15, -0.1) is 0 Å². The van der Waals surface area contributed by atoms with Crippen LogP contribution in [0.25, 0.3) is 44.5 Å². The molecule has 0 aromatic heterocycles. The number of rotatable bonds is 3. The van der Waals surface area contributed by atoms with Gasteiger partial charge < -0.3 is 0 Å². The second-order valence-electron chi connectivity index (χ2n) is 8.22. The molecule has 1 aliphatic rings. The van der Waals surface area contributed by atoms with Gasteiger partial charge in [-0.3, -0.25) is 0 Å². The molecule has 0 unspecified atom stereocenters. The molecule has 0 fully saturated rings. The number of hydrogen-bond donors (Lipinski definition) is 0. The van der Waals surface area contributed by atoms with Gasteiger partial charge in [0.2, 0.25) is 0 Å². The number of halogens is 1. The van der Waals surface area contributed by atoms with Crippen LogP contribution in [0, 0.1) is 0 Å². The van der Waals surface area contributed by atoms with E-state index < -0.39 is 0 Å². The first-order valence-corrected chi connectivity index (χ1v) is 11.3. The predicted octanol–water partition coefficient (Wildman–Crippen LogP) is 8.91. The third-order valence-corrected chi connectivity index (χ3v) is 6.79. The SMILES string of the molecule is Clc1c2c(c(-c3ccccc3)c(-c3ccccc3)c1-c1ccccc1)-c1ccccc1C2. The standard InChI is InChI=1S/C31H21Cl/c32-31-26-20-24-18-10-11-19-25(24)30(26)28(22-14-6-2-7-15-22)27(21-12-4-1-5-13-21)29(31)23-16-8-3-9-17-23/h1-19H,20H2. The van der Waals surface area contributed by atoms with Crippen molar-refractivity contribution in [2.45, 2.75) is 6.42 Å². The minimum absolute atomic E-state index is 0.860. The van der Waals surface area contributed by atoms with Crippen molar-refractivity contribution in [3.05, 3.63) is 131 Å². The van der Waals surface area contributed by atoms with E-state index in [9.17, 15) is 0 Å². The Balaban J connectivity index is 1.83. The lowest BCUT2D eigenvalue weighted by atomic mass is 9.82. The maximum atomic E-state index is 7.29. The van der Waals surface area contributed by atoms with Crippen LogP contribution >= 0.6 is 11.6 Å². The third-order valence-electron chi connectivity index (χ3n) is 6.38. The van der Waals surface area contributed by atoms with Gasteiger partial charge >= 0.3 is 0 Å². The molecule has 0 aliphatic heterocycles. The van der Waals surface area contributed by atoms with Crippen molar-refractivity contribution in [2.24, 2.45) is 0 Å². The van der Waals surface area contributed by atoms with Crippen molar-refractivity contribution in [1.82, 2.24) is 0 Å². The van der Waals surface area contributed by atoms with Gasteiger partial charge in [-0.1, -0.05) is 127 Å². The van der Waals surface area contributed by atoms with E-state index in [1.165, 1.54) is 44.5 Å². The van der Waals surface area contributed by atoms with E-state index in [4.69, 9.17) is 11.6 Å². The lowest BCUT2D eigenvalue weighted by Crippen LogP contribution is -1.98. The second-order valence-corrected chi connectivity index (χ2v) is 8.60. The molecular weight excluding hydrogens is 408 g/mol. The molecule has 0 saturated heterocycles. The molecule has 0 spiro atoms.